The lowest BCUT2D eigenvalue weighted by atomic mass is 10.1. The van der Waals surface area contributed by atoms with Gasteiger partial charge in [0.05, 0.1) is 10.8 Å². The number of nitrogens with zero attached hydrogens (tertiary/aromatic N) is 2. The summed E-state index contributed by atoms with van der Waals surface area (Å²) in [7, 11) is 0. The van der Waals surface area contributed by atoms with E-state index >= 15 is 0 Å². The third kappa shape index (κ3) is 1.71. The average Bonchev–Trinajstić information content (AvgIpc) is 2.60. The number of aromatic nitrogens is 2. The highest BCUT2D eigenvalue weighted by atomic mass is 79.9. The van der Waals surface area contributed by atoms with E-state index in [9.17, 15) is 9.90 Å². The Kier molecular flexibility index (Phi) is 2.74. The average molecular weight is 283 g/mol. The molecule has 6 heteroatoms. The highest BCUT2D eigenvalue weighted by Gasteiger charge is 2.22. The maximum atomic E-state index is 11.4. The highest BCUT2D eigenvalue weighted by Crippen LogP contribution is 2.18. The minimum Gasteiger partial charge on any atom is -0.538 e. The van der Waals surface area contributed by atoms with Crippen LogP contribution in [0.1, 0.15) is 17.3 Å². The van der Waals surface area contributed by atoms with Crippen molar-refractivity contribution in [2.75, 3.05) is 0 Å². The lowest BCUT2D eigenvalue weighted by Gasteiger charge is -1.97. The van der Waals surface area contributed by atoms with E-state index in [0.29, 0.717) is 11.3 Å². The molecule has 0 saturated heterocycles. The van der Waals surface area contributed by atoms with Crippen LogP contribution in [0.2, 0.25) is 0 Å². The van der Waals surface area contributed by atoms with Crippen molar-refractivity contribution in [3.63, 3.8) is 0 Å². The molecular formula is C10H7BrN2O3. The molecule has 0 aliphatic heterocycles. The summed E-state index contributed by atoms with van der Waals surface area (Å²) >= 11 is 3.05. The van der Waals surface area contributed by atoms with Crippen molar-refractivity contribution in [1.29, 1.82) is 0 Å². The van der Waals surface area contributed by atoms with Crippen LogP contribution in [-0.2, 0) is 0 Å². The Morgan fingerprint density at radius 2 is 2.19 bits per heavy atom. The molecule has 0 spiro atoms. The summed E-state index contributed by atoms with van der Waals surface area (Å²) < 4.78 is 5.89. The maximum absolute atomic E-state index is 11.4. The third-order valence-corrected chi connectivity index (χ3v) is 2.73. The molecule has 0 bridgehead atoms. The van der Waals surface area contributed by atoms with Gasteiger partial charge < -0.3 is 9.63 Å². The first-order chi connectivity index (χ1) is 7.61. The lowest BCUT2D eigenvalue weighted by molar-refractivity contribution is -0.680. The van der Waals surface area contributed by atoms with Crippen LogP contribution in [0.3, 0.4) is 0 Å². The number of hydrogen-bond donors (Lipinski definition) is 0. The summed E-state index contributed by atoms with van der Waals surface area (Å²) in [6, 6.07) is 6.84. The van der Waals surface area contributed by atoms with Crippen LogP contribution in [-0.4, -0.2) is 11.1 Å². The first kappa shape index (κ1) is 10.8. The Balaban J connectivity index is 2.64. The first-order valence-corrected chi connectivity index (χ1v) is 5.25. The number of Topliss-reactive ketones (excluding diaryl/α,β-unsaturated/α-hetero) is 1. The highest BCUT2D eigenvalue weighted by molar-refractivity contribution is 9.10. The van der Waals surface area contributed by atoms with Crippen LogP contribution in [0.4, 0.5) is 0 Å². The van der Waals surface area contributed by atoms with Crippen LogP contribution >= 0.6 is 15.9 Å². The van der Waals surface area contributed by atoms with Crippen molar-refractivity contribution in [3.8, 4) is 11.6 Å². The number of halogens is 1. The van der Waals surface area contributed by atoms with Gasteiger partial charge in [-0.05, 0) is 17.7 Å². The summed E-state index contributed by atoms with van der Waals surface area (Å²) in [6.45, 7) is 1.45. The monoisotopic (exact) mass is 282 g/mol. The van der Waals surface area contributed by atoms with Gasteiger partial charge in [-0.15, -0.1) is 0 Å². The second kappa shape index (κ2) is 4.05. The number of para-hydroxylation sites is 1. The van der Waals surface area contributed by atoms with Gasteiger partial charge in [0, 0.05) is 22.0 Å². The molecule has 0 fully saturated rings. The number of carbonyl (C=O) groups excluding carboxylic acids is 1. The quantitative estimate of drug-likeness (QED) is 0.608. The zero-order chi connectivity index (χ0) is 11.7. The molecule has 2 rings (SSSR count). The van der Waals surface area contributed by atoms with E-state index in [1.54, 1.807) is 24.3 Å². The van der Waals surface area contributed by atoms with Crippen LogP contribution < -0.4 is 9.79 Å². The van der Waals surface area contributed by atoms with Gasteiger partial charge in [0.15, 0.2) is 11.7 Å². The molecule has 0 aliphatic carbocycles. The Bertz CT molecular complexity index is 551. The van der Waals surface area contributed by atoms with E-state index in [1.165, 1.54) is 11.6 Å². The van der Waals surface area contributed by atoms with Crippen molar-refractivity contribution < 1.29 is 19.1 Å². The van der Waals surface area contributed by atoms with Crippen molar-refractivity contribution in [2.45, 2.75) is 6.92 Å². The van der Waals surface area contributed by atoms with Crippen molar-refractivity contribution in [2.24, 2.45) is 0 Å². The van der Waals surface area contributed by atoms with E-state index in [-0.39, 0.29) is 10.4 Å². The fraction of sp³-hybridized carbons (Fsp3) is 0.100. The summed E-state index contributed by atoms with van der Waals surface area (Å²) in [4.78, 5) is 11.4. The summed E-state index contributed by atoms with van der Waals surface area (Å²) in [6.07, 6.45) is 0. The predicted octanol–water partition coefficient (Wildman–Crippen LogP) is 0.990. The van der Waals surface area contributed by atoms with Crippen molar-refractivity contribution in [3.05, 3.63) is 34.4 Å². The Labute approximate surface area is 99.4 Å². The van der Waals surface area contributed by atoms with Gasteiger partial charge >= 0.3 is 4.60 Å². The van der Waals surface area contributed by atoms with Gasteiger partial charge in [0.2, 0.25) is 0 Å². The van der Waals surface area contributed by atoms with Crippen molar-refractivity contribution in [1.82, 2.24) is 5.27 Å². The number of carbonyl (C=O) groups is 1. The largest absolute Gasteiger partial charge is 0.538 e. The van der Waals surface area contributed by atoms with Crippen LogP contribution in [0, 0.1) is 0 Å². The lowest BCUT2D eigenvalue weighted by Crippen LogP contribution is -2.35. The Morgan fingerprint density at radius 3 is 2.75 bits per heavy atom. The normalized spacial score (nSPS) is 10.4. The first-order valence-electron chi connectivity index (χ1n) is 4.46. The van der Waals surface area contributed by atoms with E-state index in [2.05, 4.69) is 25.7 Å². The number of rotatable bonds is 2. The second-order valence-corrected chi connectivity index (χ2v) is 3.89. The van der Waals surface area contributed by atoms with Gasteiger partial charge in [-0.25, -0.2) is 0 Å². The number of benzene rings is 1. The van der Waals surface area contributed by atoms with Crippen molar-refractivity contribution >= 4 is 21.7 Å². The fourth-order valence-electron chi connectivity index (χ4n) is 1.34. The van der Waals surface area contributed by atoms with Gasteiger partial charge in [-0.3, -0.25) is 4.79 Å². The van der Waals surface area contributed by atoms with E-state index in [4.69, 9.17) is 0 Å². The van der Waals surface area contributed by atoms with Crippen LogP contribution in [0.5, 0.6) is 5.95 Å². The van der Waals surface area contributed by atoms with Gasteiger partial charge in [0.25, 0.3) is 5.69 Å². The number of ketones is 1. The molecular weight excluding hydrogens is 276 g/mol. The van der Waals surface area contributed by atoms with E-state index in [0.717, 1.165) is 0 Å². The van der Waals surface area contributed by atoms with Gasteiger partial charge in [-0.2, -0.15) is 0 Å². The maximum Gasteiger partial charge on any atom is 0.305 e. The number of hydrogen-bond acceptors (Lipinski definition) is 4. The predicted molar refractivity (Wildman–Crippen MR) is 55.2 cm³/mol. The smallest absolute Gasteiger partial charge is 0.305 e. The van der Waals surface area contributed by atoms with Gasteiger partial charge in [0.1, 0.15) is 0 Å². The second-order valence-electron chi connectivity index (χ2n) is 3.14. The molecule has 0 atom stereocenters. The molecule has 82 valence electrons. The summed E-state index contributed by atoms with van der Waals surface area (Å²) in [5.41, 5.74) is 0.981. The Hall–Kier alpha value is -1.69. The molecule has 0 radical (unpaired) electrons. The molecule has 1 aromatic heterocycles. The van der Waals surface area contributed by atoms with Crippen LogP contribution in [0.25, 0.3) is 5.69 Å². The zero-order valence-electron chi connectivity index (χ0n) is 8.31. The minimum atomic E-state index is -0.585. The molecule has 0 unspecified atom stereocenters. The minimum absolute atomic E-state index is 0.106. The Morgan fingerprint density at radius 1 is 1.50 bits per heavy atom. The summed E-state index contributed by atoms with van der Waals surface area (Å²) in [5, 5.41) is 14.7. The molecule has 16 heavy (non-hydrogen) atoms. The molecule has 1 heterocycles. The molecule has 1 aromatic carbocycles. The SMILES string of the molecule is CC(=O)c1ccccc1-[n+]1noc([O-])c1Br. The molecule has 0 amide bonds. The van der Waals surface area contributed by atoms with E-state index in [1.807, 2.05) is 0 Å². The third-order valence-electron chi connectivity index (χ3n) is 2.07. The molecule has 0 saturated carbocycles. The molecule has 0 aliphatic rings. The van der Waals surface area contributed by atoms with Crippen LogP contribution in [0.15, 0.2) is 33.4 Å². The summed E-state index contributed by atoms with van der Waals surface area (Å²) in [5.74, 6) is -0.691. The molecule has 2 aromatic rings. The van der Waals surface area contributed by atoms with E-state index < -0.39 is 5.95 Å². The fourth-order valence-corrected chi connectivity index (χ4v) is 1.67. The standard InChI is InChI=1S/C10H7BrN2O3/c1-6(14)7-4-2-3-5-8(7)13-9(11)10(15)16-12-13/h2-5H,1H3. The molecule has 0 N–H and O–H groups in total. The molecule has 5 nitrogen and oxygen atoms in total. The van der Waals surface area contributed by atoms with Gasteiger partial charge in [-0.1, -0.05) is 12.1 Å². The zero-order valence-corrected chi connectivity index (χ0v) is 9.89. The topological polar surface area (TPSA) is 70.0 Å².